The molecule has 1 aliphatic heterocycles. The summed E-state index contributed by atoms with van der Waals surface area (Å²) in [6.07, 6.45) is 3.56. The molecule has 1 saturated heterocycles. The molecule has 0 spiro atoms. The van der Waals surface area contributed by atoms with E-state index in [9.17, 15) is 4.21 Å². The molecular weight excluding hydrogens is 234 g/mol. The molecule has 1 fully saturated rings. The molecule has 2 heterocycles. The molecule has 0 aromatic carbocycles. The van der Waals surface area contributed by atoms with Gasteiger partial charge in [0.15, 0.2) is 0 Å². The molecule has 0 radical (unpaired) electrons. The summed E-state index contributed by atoms with van der Waals surface area (Å²) < 4.78 is 12.2. The minimum absolute atomic E-state index is 0.356. The Bertz CT molecular complexity index is 396. The molecule has 1 aliphatic rings. The molecule has 1 aromatic heterocycles. The van der Waals surface area contributed by atoms with Gasteiger partial charge >= 0.3 is 0 Å². The van der Waals surface area contributed by atoms with Crippen molar-refractivity contribution in [2.45, 2.75) is 44.3 Å². The van der Waals surface area contributed by atoms with Gasteiger partial charge in [-0.1, -0.05) is 6.42 Å². The van der Waals surface area contributed by atoms with E-state index in [0.29, 0.717) is 17.0 Å². The molecule has 0 saturated carbocycles. The summed E-state index contributed by atoms with van der Waals surface area (Å²) in [5, 5.41) is 3.88. The monoisotopic (exact) mass is 253 g/mol. The zero-order valence-electron chi connectivity index (χ0n) is 10.4. The number of piperidine rings is 1. The zero-order chi connectivity index (χ0) is 12.3. The molecule has 0 unspecified atom stereocenters. The summed E-state index contributed by atoms with van der Waals surface area (Å²) in [4.78, 5) is 8.52. The Balaban J connectivity index is 2.03. The molecule has 1 N–H and O–H groups in total. The number of nitrogens with one attached hydrogen (secondary N) is 1. The summed E-state index contributed by atoms with van der Waals surface area (Å²) >= 11 is 0. The molecule has 94 valence electrons. The number of hydrogen-bond acceptors (Lipinski definition) is 4. The first kappa shape index (κ1) is 12.6. The van der Waals surface area contributed by atoms with Crippen LogP contribution in [-0.4, -0.2) is 32.5 Å². The Kier molecular flexibility index (Phi) is 4.23. The lowest BCUT2D eigenvalue weighted by Gasteiger charge is -2.22. The topological polar surface area (TPSA) is 54.9 Å². The van der Waals surface area contributed by atoms with Crippen molar-refractivity contribution in [3.63, 3.8) is 0 Å². The van der Waals surface area contributed by atoms with Gasteiger partial charge in [-0.15, -0.1) is 0 Å². The average molecular weight is 253 g/mol. The third-order valence-corrected chi connectivity index (χ3v) is 4.23. The second kappa shape index (κ2) is 5.69. The van der Waals surface area contributed by atoms with Crippen LogP contribution in [0, 0.1) is 13.8 Å². The lowest BCUT2D eigenvalue weighted by Crippen LogP contribution is -2.38. The molecule has 5 heteroatoms. The SMILES string of the molecule is Cc1cc(C)nc([S@](=O)C[C@H]2CCCCN2)n1. The van der Waals surface area contributed by atoms with Gasteiger partial charge in [-0.3, -0.25) is 4.21 Å². The highest BCUT2D eigenvalue weighted by Crippen LogP contribution is 2.11. The van der Waals surface area contributed by atoms with Crippen molar-refractivity contribution in [1.29, 1.82) is 0 Å². The predicted molar refractivity (Wildman–Crippen MR) is 68.4 cm³/mol. The lowest BCUT2D eigenvalue weighted by atomic mass is 10.1. The van der Waals surface area contributed by atoms with Gasteiger partial charge in [-0.05, 0) is 39.3 Å². The summed E-state index contributed by atoms with van der Waals surface area (Å²) in [5.74, 6) is 0.628. The van der Waals surface area contributed by atoms with Crippen molar-refractivity contribution < 1.29 is 4.21 Å². The van der Waals surface area contributed by atoms with Gasteiger partial charge < -0.3 is 5.32 Å². The lowest BCUT2D eigenvalue weighted by molar-refractivity contribution is 0.427. The highest BCUT2D eigenvalue weighted by Gasteiger charge is 2.18. The number of nitrogens with zero attached hydrogens (tertiary/aromatic N) is 2. The molecule has 0 amide bonds. The maximum absolute atomic E-state index is 12.2. The van der Waals surface area contributed by atoms with Crippen molar-refractivity contribution in [2.75, 3.05) is 12.3 Å². The van der Waals surface area contributed by atoms with Crippen LogP contribution in [-0.2, 0) is 10.8 Å². The molecule has 0 aliphatic carbocycles. The summed E-state index contributed by atoms with van der Waals surface area (Å²) in [6, 6.07) is 2.26. The number of hydrogen-bond donors (Lipinski definition) is 1. The Morgan fingerprint density at radius 3 is 2.65 bits per heavy atom. The van der Waals surface area contributed by atoms with E-state index < -0.39 is 10.8 Å². The Morgan fingerprint density at radius 1 is 1.35 bits per heavy atom. The molecule has 17 heavy (non-hydrogen) atoms. The van der Waals surface area contributed by atoms with E-state index in [4.69, 9.17) is 0 Å². The Hall–Kier alpha value is -0.810. The fourth-order valence-electron chi connectivity index (χ4n) is 2.12. The van der Waals surface area contributed by atoms with Gasteiger partial charge in [0, 0.05) is 23.2 Å². The van der Waals surface area contributed by atoms with Crippen LogP contribution in [0.25, 0.3) is 0 Å². The van der Waals surface area contributed by atoms with Gasteiger partial charge in [0.2, 0.25) is 5.16 Å². The Labute approximate surface area is 105 Å². The highest BCUT2D eigenvalue weighted by molar-refractivity contribution is 7.84. The Morgan fingerprint density at radius 2 is 2.06 bits per heavy atom. The molecule has 0 bridgehead atoms. The van der Waals surface area contributed by atoms with Crippen LogP contribution in [0.3, 0.4) is 0 Å². The second-order valence-electron chi connectivity index (χ2n) is 4.59. The summed E-state index contributed by atoms with van der Waals surface area (Å²) in [5.41, 5.74) is 1.77. The largest absolute Gasteiger partial charge is 0.313 e. The minimum Gasteiger partial charge on any atom is -0.313 e. The van der Waals surface area contributed by atoms with E-state index >= 15 is 0 Å². The summed E-state index contributed by atoms with van der Waals surface area (Å²) in [6.45, 7) is 4.86. The highest BCUT2D eigenvalue weighted by atomic mass is 32.2. The molecular formula is C12H19N3OS. The van der Waals surface area contributed by atoms with Gasteiger partial charge in [0.1, 0.15) is 0 Å². The fraction of sp³-hybridized carbons (Fsp3) is 0.667. The van der Waals surface area contributed by atoms with Crippen LogP contribution in [0.15, 0.2) is 11.2 Å². The van der Waals surface area contributed by atoms with Crippen LogP contribution in [0.5, 0.6) is 0 Å². The van der Waals surface area contributed by atoms with Crippen molar-refractivity contribution >= 4 is 10.8 Å². The van der Waals surface area contributed by atoms with Gasteiger partial charge in [0.05, 0.1) is 10.8 Å². The van der Waals surface area contributed by atoms with Crippen LogP contribution in [0.4, 0.5) is 0 Å². The first-order valence-electron chi connectivity index (χ1n) is 6.09. The zero-order valence-corrected chi connectivity index (χ0v) is 11.2. The van der Waals surface area contributed by atoms with E-state index in [-0.39, 0.29) is 0 Å². The summed E-state index contributed by atoms with van der Waals surface area (Å²) in [7, 11) is -1.09. The van der Waals surface area contributed by atoms with Gasteiger partial charge in [0.25, 0.3) is 0 Å². The van der Waals surface area contributed by atoms with Gasteiger partial charge in [-0.25, -0.2) is 9.97 Å². The van der Waals surface area contributed by atoms with Crippen LogP contribution < -0.4 is 5.32 Å². The quantitative estimate of drug-likeness (QED) is 0.826. The van der Waals surface area contributed by atoms with E-state index in [0.717, 1.165) is 24.4 Å². The van der Waals surface area contributed by atoms with Gasteiger partial charge in [-0.2, -0.15) is 0 Å². The maximum atomic E-state index is 12.2. The third-order valence-electron chi connectivity index (χ3n) is 2.93. The minimum atomic E-state index is -1.09. The standard InChI is InChI=1S/C12H19N3OS/c1-9-7-10(2)15-12(14-9)17(16)8-11-5-3-4-6-13-11/h7,11,13H,3-6,8H2,1-2H3/t11-,17-/m1/s1. The number of aromatic nitrogens is 2. The third kappa shape index (κ3) is 3.57. The van der Waals surface area contributed by atoms with Crippen LogP contribution in [0.1, 0.15) is 30.7 Å². The predicted octanol–water partition coefficient (Wildman–Crippen LogP) is 1.34. The van der Waals surface area contributed by atoms with E-state index in [1.165, 1.54) is 12.8 Å². The van der Waals surface area contributed by atoms with Crippen molar-refractivity contribution in [3.05, 3.63) is 17.5 Å². The molecule has 1 aromatic rings. The second-order valence-corrected chi connectivity index (χ2v) is 5.98. The molecule has 4 nitrogen and oxygen atoms in total. The number of rotatable bonds is 3. The fourth-order valence-corrected chi connectivity index (χ4v) is 3.41. The normalized spacial score (nSPS) is 22.4. The van der Waals surface area contributed by atoms with Crippen molar-refractivity contribution in [3.8, 4) is 0 Å². The smallest absolute Gasteiger partial charge is 0.218 e. The van der Waals surface area contributed by atoms with Crippen molar-refractivity contribution in [2.24, 2.45) is 0 Å². The number of aryl methyl sites for hydroxylation is 2. The van der Waals surface area contributed by atoms with E-state index in [2.05, 4.69) is 15.3 Å². The average Bonchev–Trinajstić information content (AvgIpc) is 2.29. The first-order valence-corrected chi connectivity index (χ1v) is 7.41. The van der Waals surface area contributed by atoms with Crippen LogP contribution >= 0.6 is 0 Å². The maximum Gasteiger partial charge on any atom is 0.218 e. The van der Waals surface area contributed by atoms with Crippen LogP contribution in [0.2, 0.25) is 0 Å². The van der Waals surface area contributed by atoms with Crippen molar-refractivity contribution in [1.82, 2.24) is 15.3 Å². The first-order chi connectivity index (χ1) is 8.15. The van der Waals surface area contributed by atoms with E-state index in [1.54, 1.807) is 0 Å². The molecule has 2 atom stereocenters. The van der Waals surface area contributed by atoms with E-state index in [1.807, 2.05) is 19.9 Å². The molecule has 2 rings (SSSR count).